The summed E-state index contributed by atoms with van der Waals surface area (Å²) in [5.41, 5.74) is 0.148. The monoisotopic (exact) mass is 367 g/mol. The van der Waals surface area contributed by atoms with E-state index in [4.69, 9.17) is 4.74 Å². The minimum atomic E-state index is -4.47. The Morgan fingerprint density at radius 3 is 2.62 bits per heavy atom. The molecule has 2 aromatic heterocycles. The van der Waals surface area contributed by atoms with E-state index in [-0.39, 0.29) is 6.04 Å². The van der Waals surface area contributed by atoms with Crippen molar-refractivity contribution in [3.8, 4) is 5.88 Å². The molecular formula is C17H20F3N5O. The number of methoxy groups -OCH3 is 1. The Balaban J connectivity index is 1.64. The Labute approximate surface area is 149 Å². The largest absolute Gasteiger partial charge is 0.481 e. The lowest BCUT2D eigenvalue weighted by atomic mass is 10.1. The summed E-state index contributed by atoms with van der Waals surface area (Å²) in [6, 6.07) is 4.95. The lowest BCUT2D eigenvalue weighted by Gasteiger charge is -2.40. The predicted octanol–water partition coefficient (Wildman–Crippen LogP) is 2.61. The van der Waals surface area contributed by atoms with Gasteiger partial charge in [0, 0.05) is 50.6 Å². The highest BCUT2D eigenvalue weighted by atomic mass is 19.4. The smallest absolute Gasteiger partial charge is 0.433 e. The molecule has 0 N–H and O–H groups in total. The van der Waals surface area contributed by atoms with E-state index >= 15 is 0 Å². The maximum Gasteiger partial charge on any atom is 0.433 e. The molecule has 3 heterocycles. The summed E-state index contributed by atoms with van der Waals surface area (Å²) < 4.78 is 43.6. The molecule has 1 aliphatic heterocycles. The van der Waals surface area contributed by atoms with Crippen LogP contribution in [-0.2, 0) is 12.7 Å². The molecule has 0 aliphatic carbocycles. The van der Waals surface area contributed by atoms with E-state index in [2.05, 4.69) is 26.8 Å². The highest BCUT2D eigenvalue weighted by Crippen LogP contribution is 2.29. The fourth-order valence-corrected chi connectivity index (χ4v) is 2.97. The highest BCUT2D eigenvalue weighted by Gasteiger charge is 2.34. The fourth-order valence-electron chi connectivity index (χ4n) is 2.97. The molecule has 0 saturated carbocycles. The number of nitrogens with zero attached hydrogens (tertiary/aromatic N) is 5. The molecule has 0 spiro atoms. The van der Waals surface area contributed by atoms with Gasteiger partial charge in [0.2, 0.25) is 5.88 Å². The predicted molar refractivity (Wildman–Crippen MR) is 89.9 cm³/mol. The van der Waals surface area contributed by atoms with Gasteiger partial charge in [-0.3, -0.25) is 4.90 Å². The van der Waals surface area contributed by atoms with Crippen LogP contribution >= 0.6 is 0 Å². The molecule has 0 aromatic carbocycles. The van der Waals surface area contributed by atoms with E-state index < -0.39 is 11.9 Å². The quantitative estimate of drug-likeness (QED) is 0.828. The number of piperazine rings is 1. The van der Waals surface area contributed by atoms with E-state index in [9.17, 15) is 13.2 Å². The molecule has 140 valence electrons. The normalized spacial score (nSPS) is 18.8. The highest BCUT2D eigenvalue weighted by molar-refractivity contribution is 5.40. The second kappa shape index (κ2) is 7.45. The molecule has 1 atom stereocenters. The number of halogens is 3. The van der Waals surface area contributed by atoms with Gasteiger partial charge in [0.05, 0.1) is 7.11 Å². The molecule has 3 rings (SSSR count). The molecular weight excluding hydrogens is 347 g/mol. The van der Waals surface area contributed by atoms with Crippen molar-refractivity contribution in [3.63, 3.8) is 0 Å². The van der Waals surface area contributed by atoms with Crippen molar-refractivity contribution in [2.75, 3.05) is 31.6 Å². The van der Waals surface area contributed by atoms with Crippen LogP contribution in [0.4, 0.5) is 19.0 Å². The van der Waals surface area contributed by atoms with Crippen LogP contribution in [-0.4, -0.2) is 52.6 Å². The molecule has 0 radical (unpaired) electrons. The molecule has 26 heavy (non-hydrogen) atoms. The summed E-state index contributed by atoms with van der Waals surface area (Å²) in [6.45, 7) is 4.69. The third-order valence-electron chi connectivity index (χ3n) is 4.42. The van der Waals surface area contributed by atoms with Crippen LogP contribution in [0.2, 0.25) is 0 Å². The van der Waals surface area contributed by atoms with Gasteiger partial charge in [-0.1, -0.05) is 6.07 Å². The Morgan fingerprint density at radius 1 is 1.19 bits per heavy atom. The maximum absolute atomic E-state index is 12.8. The minimum absolute atomic E-state index is 0.162. The molecule has 9 heteroatoms. The lowest BCUT2D eigenvalue weighted by Crippen LogP contribution is -2.51. The summed E-state index contributed by atoms with van der Waals surface area (Å²) >= 11 is 0. The van der Waals surface area contributed by atoms with Crippen LogP contribution in [0.15, 0.2) is 30.7 Å². The van der Waals surface area contributed by atoms with Crippen molar-refractivity contribution in [1.29, 1.82) is 0 Å². The van der Waals surface area contributed by atoms with Crippen LogP contribution < -0.4 is 9.64 Å². The number of anilines is 1. The van der Waals surface area contributed by atoms with E-state index in [1.54, 1.807) is 13.3 Å². The van der Waals surface area contributed by atoms with Gasteiger partial charge in [-0.25, -0.2) is 15.0 Å². The van der Waals surface area contributed by atoms with Crippen LogP contribution in [0.25, 0.3) is 0 Å². The number of alkyl halides is 3. The number of rotatable bonds is 4. The van der Waals surface area contributed by atoms with Gasteiger partial charge in [0.25, 0.3) is 0 Å². The summed E-state index contributed by atoms with van der Waals surface area (Å²) in [5, 5.41) is 0. The first-order valence-corrected chi connectivity index (χ1v) is 8.24. The van der Waals surface area contributed by atoms with Crippen LogP contribution in [0.1, 0.15) is 18.2 Å². The fraction of sp³-hybridized carbons (Fsp3) is 0.471. The SMILES string of the molecule is COc1ccc(CN2CCN(c3cc(C(F)(F)F)ncn3)CC2C)cn1. The Hall–Kier alpha value is -2.42. The molecule has 1 saturated heterocycles. The summed E-state index contributed by atoms with van der Waals surface area (Å²) in [6.07, 6.45) is -1.72. The second-order valence-corrected chi connectivity index (χ2v) is 6.23. The lowest BCUT2D eigenvalue weighted by molar-refractivity contribution is -0.141. The number of hydrogen-bond donors (Lipinski definition) is 0. The number of ether oxygens (including phenoxy) is 1. The molecule has 1 fully saturated rings. The first-order chi connectivity index (χ1) is 12.4. The molecule has 6 nitrogen and oxygen atoms in total. The van der Waals surface area contributed by atoms with E-state index in [1.807, 2.05) is 17.0 Å². The van der Waals surface area contributed by atoms with Crippen molar-refractivity contribution in [3.05, 3.63) is 42.0 Å². The van der Waals surface area contributed by atoms with Gasteiger partial charge in [-0.05, 0) is 12.5 Å². The van der Waals surface area contributed by atoms with Gasteiger partial charge in [0.1, 0.15) is 17.8 Å². The third-order valence-corrected chi connectivity index (χ3v) is 4.42. The zero-order valence-electron chi connectivity index (χ0n) is 14.6. The van der Waals surface area contributed by atoms with E-state index in [0.717, 1.165) is 31.0 Å². The van der Waals surface area contributed by atoms with Crippen LogP contribution in [0, 0.1) is 0 Å². The first-order valence-electron chi connectivity index (χ1n) is 8.24. The van der Waals surface area contributed by atoms with Crippen molar-refractivity contribution in [2.45, 2.75) is 25.7 Å². The van der Waals surface area contributed by atoms with Crippen molar-refractivity contribution in [1.82, 2.24) is 19.9 Å². The van der Waals surface area contributed by atoms with E-state index in [0.29, 0.717) is 24.8 Å². The molecule has 0 amide bonds. The third kappa shape index (κ3) is 4.21. The summed E-state index contributed by atoms with van der Waals surface area (Å²) in [5.74, 6) is 0.876. The van der Waals surface area contributed by atoms with Crippen molar-refractivity contribution >= 4 is 5.82 Å². The van der Waals surface area contributed by atoms with Crippen LogP contribution in [0.5, 0.6) is 5.88 Å². The van der Waals surface area contributed by atoms with Crippen molar-refractivity contribution < 1.29 is 17.9 Å². The minimum Gasteiger partial charge on any atom is -0.481 e. The van der Waals surface area contributed by atoms with Gasteiger partial charge in [-0.2, -0.15) is 13.2 Å². The topological polar surface area (TPSA) is 54.4 Å². The standard InChI is InChI=1S/C17H20F3N5O/c1-12-9-25(15-7-14(17(18,19)20)22-11-23-15)6-5-24(12)10-13-3-4-16(26-2)21-8-13/h3-4,7-8,11-12H,5-6,9-10H2,1-2H3. The molecule has 1 aliphatic rings. The molecule has 0 bridgehead atoms. The van der Waals surface area contributed by atoms with Crippen LogP contribution in [0.3, 0.4) is 0 Å². The Bertz CT molecular complexity index is 738. The first kappa shape index (κ1) is 18.4. The maximum atomic E-state index is 12.8. The van der Waals surface area contributed by atoms with Gasteiger partial charge >= 0.3 is 6.18 Å². The van der Waals surface area contributed by atoms with Gasteiger partial charge in [0.15, 0.2) is 0 Å². The summed E-state index contributed by atoms with van der Waals surface area (Å²) in [7, 11) is 1.57. The van der Waals surface area contributed by atoms with E-state index in [1.165, 1.54) is 0 Å². The number of pyridine rings is 1. The molecule has 2 aromatic rings. The summed E-state index contributed by atoms with van der Waals surface area (Å²) in [4.78, 5) is 15.7. The van der Waals surface area contributed by atoms with Gasteiger partial charge < -0.3 is 9.64 Å². The Morgan fingerprint density at radius 2 is 2.00 bits per heavy atom. The zero-order chi connectivity index (χ0) is 18.7. The zero-order valence-corrected chi connectivity index (χ0v) is 14.6. The Kier molecular flexibility index (Phi) is 5.26. The average molecular weight is 367 g/mol. The van der Waals surface area contributed by atoms with Crippen molar-refractivity contribution in [2.24, 2.45) is 0 Å². The average Bonchev–Trinajstić information content (AvgIpc) is 2.63. The number of hydrogen-bond acceptors (Lipinski definition) is 6. The molecule has 1 unspecified atom stereocenters. The second-order valence-electron chi connectivity index (χ2n) is 6.23. The van der Waals surface area contributed by atoms with Gasteiger partial charge in [-0.15, -0.1) is 0 Å². The number of aromatic nitrogens is 3.